The molecule has 0 spiro atoms. The van der Waals surface area contributed by atoms with Gasteiger partial charge in [-0.15, -0.1) is 0 Å². The van der Waals surface area contributed by atoms with Gasteiger partial charge in [-0.2, -0.15) is 4.98 Å². The largest absolute Gasteiger partial charge is 0.507 e. The summed E-state index contributed by atoms with van der Waals surface area (Å²) < 4.78 is 0. The zero-order chi connectivity index (χ0) is 22.0. The first kappa shape index (κ1) is 21.4. The lowest BCUT2D eigenvalue weighted by atomic mass is 9.91. The minimum absolute atomic E-state index is 0.396. The molecule has 1 fully saturated rings. The van der Waals surface area contributed by atoms with Crippen LogP contribution in [0.2, 0.25) is 0 Å². The lowest BCUT2D eigenvalue weighted by molar-refractivity contribution is 0.352. The molecule has 4 rings (SSSR count). The van der Waals surface area contributed by atoms with E-state index in [2.05, 4.69) is 28.8 Å². The molecule has 0 unspecified atom stereocenters. The van der Waals surface area contributed by atoms with Crippen LogP contribution in [0, 0.1) is 13.8 Å². The van der Waals surface area contributed by atoms with Crippen molar-refractivity contribution in [3.8, 4) is 5.75 Å². The van der Waals surface area contributed by atoms with Crippen molar-refractivity contribution in [2.45, 2.75) is 58.2 Å². The predicted molar refractivity (Wildman–Crippen MR) is 128 cm³/mol. The molecule has 1 heterocycles. The molecular formula is C25H33N5O. The maximum atomic E-state index is 9.96. The molecular weight excluding hydrogens is 386 g/mol. The first-order valence-electron chi connectivity index (χ1n) is 11.1. The molecule has 6 heteroatoms. The number of para-hydroxylation sites is 1. The third kappa shape index (κ3) is 4.90. The van der Waals surface area contributed by atoms with Crippen LogP contribution in [-0.2, 0) is 6.54 Å². The van der Waals surface area contributed by atoms with Gasteiger partial charge < -0.3 is 20.6 Å². The van der Waals surface area contributed by atoms with Crippen molar-refractivity contribution in [1.82, 2.24) is 15.3 Å². The lowest BCUT2D eigenvalue weighted by Gasteiger charge is -2.30. The molecule has 0 bridgehead atoms. The third-order valence-electron chi connectivity index (χ3n) is 6.21. The number of aromatic hydroxyl groups is 1. The number of aromatic nitrogens is 2. The molecule has 0 aliphatic heterocycles. The van der Waals surface area contributed by atoms with Gasteiger partial charge in [0.05, 0.1) is 5.52 Å². The van der Waals surface area contributed by atoms with E-state index >= 15 is 0 Å². The Kier molecular flexibility index (Phi) is 6.28. The van der Waals surface area contributed by atoms with Gasteiger partial charge in [-0.1, -0.05) is 24.3 Å². The van der Waals surface area contributed by atoms with E-state index in [9.17, 15) is 5.11 Å². The predicted octanol–water partition coefficient (Wildman–Crippen LogP) is 4.53. The normalized spacial score (nSPS) is 18.8. The number of rotatable bonds is 6. The molecule has 0 radical (unpaired) electrons. The molecule has 1 saturated carbocycles. The van der Waals surface area contributed by atoms with Gasteiger partial charge in [-0.05, 0) is 68.4 Å². The number of hydrogen-bond acceptors (Lipinski definition) is 6. The van der Waals surface area contributed by atoms with Crippen molar-refractivity contribution < 1.29 is 5.11 Å². The van der Waals surface area contributed by atoms with Gasteiger partial charge in [0.25, 0.3) is 0 Å². The van der Waals surface area contributed by atoms with Crippen molar-refractivity contribution >= 4 is 22.7 Å². The number of fused-ring (bicyclic) bond motifs is 1. The number of aryl methyl sites for hydroxylation is 2. The zero-order valence-electron chi connectivity index (χ0n) is 18.9. The highest BCUT2D eigenvalue weighted by atomic mass is 16.3. The van der Waals surface area contributed by atoms with Crippen molar-refractivity contribution in [1.29, 1.82) is 0 Å². The van der Waals surface area contributed by atoms with Crippen LogP contribution >= 0.6 is 0 Å². The molecule has 1 aliphatic carbocycles. The maximum Gasteiger partial charge on any atom is 0.225 e. The summed E-state index contributed by atoms with van der Waals surface area (Å²) in [5.41, 5.74) is 4.08. The second-order valence-electron chi connectivity index (χ2n) is 8.93. The highest BCUT2D eigenvalue weighted by Gasteiger charge is 2.22. The Labute approximate surface area is 184 Å². The van der Waals surface area contributed by atoms with Crippen LogP contribution in [0.15, 0.2) is 36.4 Å². The molecule has 6 nitrogen and oxygen atoms in total. The number of phenolic OH excluding ortho intramolecular Hbond substituents is 1. The Bertz CT molecular complexity index is 1030. The number of nitrogens with one attached hydrogen (secondary N) is 2. The fourth-order valence-electron chi connectivity index (χ4n) is 4.50. The van der Waals surface area contributed by atoms with Gasteiger partial charge in [0.15, 0.2) is 0 Å². The van der Waals surface area contributed by atoms with Crippen LogP contribution < -0.4 is 15.5 Å². The van der Waals surface area contributed by atoms with E-state index in [1.165, 1.54) is 5.56 Å². The second kappa shape index (κ2) is 9.10. The van der Waals surface area contributed by atoms with E-state index in [1.54, 1.807) is 0 Å². The number of benzene rings is 2. The van der Waals surface area contributed by atoms with Crippen LogP contribution in [0.4, 0.5) is 11.8 Å². The topological polar surface area (TPSA) is 73.3 Å². The summed E-state index contributed by atoms with van der Waals surface area (Å²) >= 11 is 0. The Morgan fingerprint density at radius 3 is 2.29 bits per heavy atom. The van der Waals surface area contributed by atoms with Crippen LogP contribution in [0.3, 0.4) is 0 Å². The molecule has 0 amide bonds. The van der Waals surface area contributed by atoms with E-state index < -0.39 is 0 Å². The summed E-state index contributed by atoms with van der Waals surface area (Å²) in [5.74, 6) is 2.07. The number of phenols is 1. The zero-order valence-corrected chi connectivity index (χ0v) is 18.9. The van der Waals surface area contributed by atoms with Crippen LogP contribution in [0.25, 0.3) is 10.9 Å². The van der Waals surface area contributed by atoms with Gasteiger partial charge in [-0.3, -0.25) is 0 Å². The molecule has 1 aromatic heterocycles. The smallest absolute Gasteiger partial charge is 0.225 e. The van der Waals surface area contributed by atoms with Gasteiger partial charge in [0.1, 0.15) is 11.6 Å². The molecule has 0 atom stereocenters. The Hall–Kier alpha value is -2.86. The summed E-state index contributed by atoms with van der Waals surface area (Å²) in [6.07, 6.45) is 4.45. The van der Waals surface area contributed by atoms with Crippen LogP contribution in [-0.4, -0.2) is 41.3 Å². The van der Waals surface area contributed by atoms with Gasteiger partial charge >= 0.3 is 0 Å². The van der Waals surface area contributed by atoms with Crippen LogP contribution in [0.1, 0.15) is 42.4 Å². The van der Waals surface area contributed by atoms with Crippen molar-refractivity contribution in [3.05, 3.63) is 53.1 Å². The van der Waals surface area contributed by atoms with Crippen LogP contribution in [0.5, 0.6) is 5.75 Å². The Balaban J connectivity index is 1.34. The number of anilines is 2. The van der Waals surface area contributed by atoms with Crippen molar-refractivity contribution in [3.63, 3.8) is 0 Å². The summed E-state index contributed by atoms with van der Waals surface area (Å²) in [4.78, 5) is 11.6. The molecule has 3 N–H and O–H groups in total. The minimum atomic E-state index is 0.396. The highest BCUT2D eigenvalue weighted by molar-refractivity contribution is 5.90. The first-order valence-corrected chi connectivity index (χ1v) is 11.1. The Morgan fingerprint density at radius 2 is 1.61 bits per heavy atom. The molecule has 3 aromatic rings. The Morgan fingerprint density at radius 1 is 0.968 bits per heavy atom. The quantitative estimate of drug-likeness (QED) is 0.545. The summed E-state index contributed by atoms with van der Waals surface area (Å²) in [5, 5.41) is 18.3. The summed E-state index contributed by atoms with van der Waals surface area (Å²) in [6.45, 7) is 4.75. The lowest BCUT2D eigenvalue weighted by Crippen LogP contribution is -2.37. The van der Waals surface area contributed by atoms with E-state index in [4.69, 9.17) is 9.97 Å². The van der Waals surface area contributed by atoms with E-state index in [1.807, 2.05) is 51.0 Å². The van der Waals surface area contributed by atoms with Gasteiger partial charge in [0, 0.05) is 38.1 Å². The molecule has 164 valence electrons. The second-order valence-corrected chi connectivity index (χ2v) is 8.93. The third-order valence-corrected chi connectivity index (χ3v) is 6.21. The number of nitrogens with zero attached hydrogens (tertiary/aromatic N) is 3. The molecule has 0 saturated heterocycles. The first-order chi connectivity index (χ1) is 14.9. The van der Waals surface area contributed by atoms with Gasteiger partial charge in [0.2, 0.25) is 5.95 Å². The number of hydrogen-bond donors (Lipinski definition) is 3. The molecule has 2 aromatic carbocycles. The van der Waals surface area contributed by atoms with Gasteiger partial charge in [-0.25, -0.2) is 4.98 Å². The average molecular weight is 420 g/mol. The van der Waals surface area contributed by atoms with E-state index in [0.717, 1.165) is 60.1 Å². The average Bonchev–Trinajstić information content (AvgIpc) is 2.76. The van der Waals surface area contributed by atoms with Crippen molar-refractivity contribution in [2.75, 3.05) is 24.3 Å². The monoisotopic (exact) mass is 419 g/mol. The SMILES string of the molecule is Cc1cc(CN[C@H]2CC[C@@H](Nc3nc(N(C)C)c4ccccc4n3)CC2)cc(C)c1O. The minimum Gasteiger partial charge on any atom is -0.507 e. The fraction of sp³-hybridized carbons (Fsp3) is 0.440. The molecule has 1 aliphatic rings. The maximum absolute atomic E-state index is 9.96. The van der Waals surface area contributed by atoms with Crippen molar-refractivity contribution in [2.24, 2.45) is 0 Å². The molecule has 31 heavy (non-hydrogen) atoms. The van der Waals surface area contributed by atoms with E-state index in [0.29, 0.717) is 23.8 Å². The highest BCUT2D eigenvalue weighted by Crippen LogP contribution is 2.27. The summed E-state index contributed by atoms with van der Waals surface area (Å²) in [7, 11) is 4.04. The standard InChI is InChI=1S/C25H33N5O/c1-16-13-18(14-17(2)23(16)31)15-26-19-9-11-20(12-10-19)27-25-28-22-8-6-5-7-21(22)24(29-25)30(3)4/h5-8,13-14,19-20,26,31H,9-12,15H2,1-4H3,(H,27,28,29)/t19-,20+. The van der Waals surface area contributed by atoms with E-state index in [-0.39, 0.29) is 0 Å². The fourth-order valence-corrected chi connectivity index (χ4v) is 4.50. The summed E-state index contributed by atoms with van der Waals surface area (Å²) in [6, 6.07) is 13.2.